The van der Waals surface area contributed by atoms with Gasteiger partial charge < -0.3 is 5.32 Å². The molecule has 106 valence electrons. The van der Waals surface area contributed by atoms with E-state index >= 15 is 0 Å². The van der Waals surface area contributed by atoms with Crippen molar-refractivity contribution < 1.29 is 0 Å². The SMILES string of the molecule is CC(C)NCC1CCCCN1CCC1CCCC1. The maximum atomic E-state index is 3.63. The third-order valence-electron chi connectivity index (χ3n) is 4.81. The Morgan fingerprint density at radius 1 is 1.06 bits per heavy atom. The van der Waals surface area contributed by atoms with Gasteiger partial charge in [-0.25, -0.2) is 0 Å². The smallest absolute Gasteiger partial charge is 0.0220 e. The second-order valence-electron chi connectivity index (χ2n) is 6.69. The lowest BCUT2D eigenvalue weighted by molar-refractivity contribution is 0.135. The Balaban J connectivity index is 1.72. The number of rotatable bonds is 6. The number of nitrogens with one attached hydrogen (secondary N) is 1. The lowest BCUT2D eigenvalue weighted by Crippen LogP contribution is -2.47. The van der Waals surface area contributed by atoms with E-state index < -0.39 is 0 Å². The van der Waals surface area contributed by atoms with Crippen LogP contribution in [0.1, 0.15) is 65.2 Å². The van der Waals surface area contributed by atoms with E-state index in [2.05, 4.69) is 24.1 Å². The Hall–Kier alpha value is -0.0800. The zero-order valence-electron chi connectivity index (χ0n) is 12.5. The molecule has 1 atom stereocenters. The summed E-state index contributed by atoms with van der Waals surface area (Å²) >= 11 is 0. The van der Waals surface area contributed by atoms with Gasteiger partial charge >= 0.3 is 0 Å². The molecule has 2 fully saturated rings. The average molecular weight is 252 g/mol. The second-order valence-corrected chi connectivity index (χ2v) is 6.69. The average Bonchev–Trinajstić information content (AvgIpc) is 2.88. The van der Waals surface area contributed by atoms with Crippen LogP contribution in [0, 0.1) is 5.92 Å². The fourth-order valence-electron chi connectivity index (χ4n) is 3.60. The number of nitrogens with zero attached hydrogens (tertiary/aromatic N) is 1. The van der Waals surface area contributed by atoms with E-state index in [1.807, 2.05) is 0 Å². The van der Waals surface area contributed by atoms with Gasteiger partial charge in [0.2, 0.25) is 0 Å². The molecule has 1 saturated carbocycles. The molecule has 1 aliphatic heterocycles. The quantitative estimate of drug-likeness (QED) is 0.779. The van der Waals surface area contributed by atoms with Crippen LogP contribution in [0.3, 0.4) is 0 Å². The van der Waals surface area contributed by atoms with Gasteiger partial charge in [-0.1, -0.05) is 46.0 Å². The van der Waals surface area contributed by atoms with Crippen molar-refractivity contribution in [3.63, 3.8) is 0 Å². The topological polar surface area (TPSA) is 15.3 Å². The van der Waals surface area contributed by atoms with Crippen molar-refractivity contribution in [1.82, 2.24) is 10.2 Å². The van der Waals surface area contributed by atoms with Crippen LogP contribution in [0.25, 0.3) is 0 Å². The van der Waals surface area contributed by atoms with Crippen LogP contribution in [0.2, 0.25) is 0 Å². The molecule has 2 rings (SSSR count). The van der Waals surface area contributed by atoms with Crippen LogP contribution in [0.5, 0.6) is 0 Å². The maximum Gasteiger partial charge on any atom is 0.0220 e. The molecule has 2 heteroatoms. The molecule has 1 heterocycles. The van der Waals surface area contributed by atoms with Crippen molar-refractivity contribution in [2.75, 3.05) is 19.6 Å². The van der Waals surface area contributed by atoms with Gasteiger partial charge in [-0.05, 0) is 38.3 Å². The minimum atomic E-state index is 0.628. The molecule has 1 saturated heterocycles. The molecule has 1 aliphatic carbocycles. The first-order valence-electron chi connectivity index (χ1n) is 8.23. The lowest BCUT2D eigenvalue weighted by atomic mass is 9.98. The lowest BCUT2D eigenvalue weighted by Gasteiger charge is -2.37. The van der Waals surface area contributed by atoms with Crippen molar-refractivity contribution in [3.8, 4) is 0 Å². The highest BCUT2D eigenvalue weighted by Gasteiger charge is 2.23. The molecule has 0 aromatic rings. The van der Waals surface area contributed by atoms with Gasteiger partial charge in [0.05, 0.1) is 0 Å². The predicted octanol–water partition coefficient (Wildman–Crippen LogP) is 3.42. The van der Waals surface area contributed by atoms with Crippen molar-refractivity contribution in [2.24, 2.45) is 5.92 Å². The van der Waals surface area contributed by atoms with Gasteiger partial charge in [0.25, 0.3) is 0 Å². The van der Waals surface area contributed by atoms with E-state index in [1.165, 1.54) is 71.0 Å². The maximum absolute atomic E-state index is 3.63. The molecule has 0 spiro atoms. The Kier molecular flexibility index (Phi) is 5.97. The van der Waals surface area contributed by atoms with Crippen LogP contribution >= 0.6 is 0 Å². The third kappa shape index (κ3) is 4.55. The van der Waals surface area contributed by atoms with Crippen molar-refractivity contribution in [3.05, 3.63) is 0 Å². The van der Waals surface area contributed by atoms with Gasteiger partial charge in [-0.2, -0.15) is 0 Å². The first kappa shape index (κ1) is 14.3. The zero-order chi connectivity index (χ0) is 12.8. The van der Waals surface area contributed by atoms with E-state index in [9.17, 15) is 0 Å². The van der Waals surface area contributed by atoms with E-state index in [4.69, 9.17) is 0 Å². The Morgan fingerprint density at radius 3 is 2.50 bits per heavy atom. The first-order valence-corrected chi connectivity index (χ1v) is 8.23. The summed E-state index contributed by atoms with van der Waals surface area (Å²) in [5, 5.41) is 3.63. The summed E-state index contributed by atoms with van der Waals surface area (Å²) in [5.41, 5.74) is 0. The monoisotopic (exact) mass is 252 g/mol. The predicted molar refractivity (Wildman–Crippen MR) is 78.9 cm³/mol. The van der Waals surface area contributed by atoms with Gasteiger partial charge in [0.1, 0.15) is 0 Å². The third-order valence-corrected chi connectivity index (χ3v) is 4.81. The fourth-order valence-corrected chi connectivity index (χ4v) is 3.60. The molecule has 1 N–H and O–H groups in total. The summed E-state index contributed by atoms with van der Waals surface area (Å²) in [6, 6.07) is 1.44. The van der Waals surface area contributed by atoms with E-state index in [0.29, 0.717) is 6.04 Å². The molecule has 0 aromatic carbocycles. The molecule has 0 bridgehead atoms. The first-order chi connectivity index (χ1) is 8.75. The van der Waals surface area contributed by atoms with Crippen LogP contribution < -0.4 is 5.32 Å². The van der Waals surface area contributed by atoms with Gasteiger partial charge in [0, 0.05) is 18.6 Å². The van der Waals surface area contributed by atoms with Crippen molar-refractivity contribution in [1.29, 1.82) is 0 Å². The highest BCUT2D eigenvalue weighted by Crippen LogP contribution is 2.28. The summed E-state index contributed by atoms with van der Waals surface area (Å²) in [4.78, 5) is 2.78. The molecule has 2 aliphatic rings. The van der Waals surface area contributed by atoms with E-state index in [1.54, 1.807) is 0 Å². The molecule has 18 heavy (non-hydrogen) atoms. The van der Waals surface area contributed by atoms with Crippen LogP contribution in [-0.4, -0.2) is 36.6 Å². The summed E-state index contributed by atoms with van der Waals surface area (Å²) in [5.74, 6) is 1.05. The van der Waals surface area contributed by atoms with Crippen LogP contribution in [0.15, 0.2) is 0 Å². The minimum Gasteiger partial charge on any atom is -0.313 e. The summed E-state index contributed by atoms with van der Waals surface area (Å²) in [6.45, 7) is 8.41. The van der Waals surface area contributed by atoms with Crippen molar-refractivity contribution >= 4 is 0 Å². The normalized spacial score (nSPS) is 27.2. The van der Waals surface area contributed by atoms with Gasteiger partial charge in [-0.15, -0.1) is 0 Å². The summed E-state index contributed by atoms with van der Waals surface area (Å²) in [6.07, 6.45) is 11.7. The highest BCUT2D eigenvalue weighted by atomic mass is 15.2. The zero-order valence-corrected chi connectivity index (χ0v) is 12.5. The highest BCUT2D eigenvalue weighted by molar-refractivity contribution is 4.80. The molecule has 1 unspecified atom stereocenters. The van der Waals surface area contributed by atoms with Crippen LogP contribution in [-0.2, 0) is 0 Å². The number of hydrogen-bond donors (Lipinski definition) is 1. The Labute approximate surface area is 114 Å². The molecular weight excluding hydrogens is 220 g/mol. The van der Waals surface area contributed by atoms with E-state index in [-0.39, 0.29) is 0 Å². The molecule has 0 aromatic heterocycles. The molecule has 0 amide bonds. The fraction of sp³-hybridized carbons (Fsp3) is 1.00. The van der Waals surface area contributed by atoms with Crippen LogP contribution in [0.4, 0.5) is 0 Å². The molecule has 0 radical (unpaired) electrons. The minimum absolute atomic E-state index is 0.628. The van der Waals surface area contributed by atoms with Gasteiger partial charge in [-0.3, -0.25) is 4.90 Å². The van der Waals surface area contributed by atoms with E-state index in [0.717, 1.165) is 12.0 Å². The second kappa shape index (κ2) is 7.49. The number of hydrogen-bond acceptors (Lipinski definition) is 2. The Morgan fingerprint density at radius 2 is 1.78 bits per heavy atom. The largest absolute Gasteiger partial charge is 0.313 e. The summed E-state index contributed by atoms with van der Waals surface area (Å²) < 4.78 is 0. The number of likely N-dealkylation sites (tertiary alicyclic amines) is 1. The van der Waals surface area contributed by atoms with Gasteiger partial charge in [0.15, 0.2) is 0 Å². The Bertz CT molecular complexity index is 221. The molecular formula is C16H32N2. The number of piperidine rings is 1. The molecule has 2 nitrogen and oxygen atoms in total. The summed E-state index contributed by atoms with van der Waals surface area (Å²) in [7, 11) is 0. The standard InChI is InChI=1S/C16H32N2/c1-14(2)17-13-16-9-5-6-11-18(16)12-10-15-7-3-4-8-15/h14-17H,3-13H2,1-2H3. The van der Waals surface area contributed by atoms with Crippen molar-refractivity contribution in [2.45, 2.75) is 77.3 Å².